The fraction of sp³-hybridized carbons (Fsp3) is 0.846. The summed E-state index contributed by atoms with van der Waals surface area (Å²) in [5.41, 5.74) is 1.41. The van der Waals surface area contributed by atoms with E-state index in [2.05, 4.69) is 13.0 Å². The molecule has 1 aliphatic carbocycles. The van der Waals surface area contributed by atoms with Crippen molar-refractivity contribution in [2.24, 2.45) is 5.92 Å². The maximum atomic E-state index is 9.63. The Labute approximate surface area is 93.0 Å². The zero-order valence-corrected chi connectivity index (χ0v) is 9.78. The molecule has 0 saturated heterocycles. The van der Waals surface area contributed by atoms with Crippen molar-refractivity contribution in [1.82, 2.24) is 0 Å². The van der Waals surface area contributed by atoms with E-state index < -0.39 is 0 Å². The van der Waals surface area contributed by atoms with Gasteiger partial charge in [-0.2, -0.15) is 0 Å². The second-order valence-corrected chi connectivity index (χ2v) is 4.67. The predicted molar refractivity (Wildman–Crippen MR) is 62.7 cm³/mol. The molecule has 0 spiro atoms. The van der Waals surface area contributed by atoms with Gasteiger partial charge in [0.05, 0.1) is 6.10 Å². The summed E-state index contributed by atoms with van der Waals surface area (Å²) in [7, 11) is 0. The summed E-state index contributed by atoms with van der Waals surface area (Å²) in [5, 5.41) is 18.6. The van der Waals surface area contributed by atoms with Crippen LogP contribution in [0, 0.1) is 5.92 Å². The van der Waals surface area contributed by atoms with Gasteiger partial charge in [-0.3, -0.25) is 0 Å². The quantitative estimate of drug-likeness (QED) is 0.691. The smallest absolute Gasteiger partial charge is 0.0540 e. The molecule has 0 amide bonds. The molecule has 0 aromatic carbocycles. The summed E-state index contributed by atoms with van der Waals surface area (Å²) in [6.07, 6.45) is 9.24. The maximum Gasteiger partial charge on any atom is 0.0540 e. The Morgan fingerprint density at radius 2 is 2.00 bits per heavy atom. The minimum absolute atomic E-state index is 0.0926. The molecule has 88 valence electrons. The lowest BCUT2D eigenvalue weighted by atomic mass is 9.89. The highest BCUT2D eigenvalue weighted by molar-refractivity contribution is 5.06. The Morgan fingerprint density at radius 3 is 2.73 bits per heavy atom. The molecule has 15 heavy (non-hydrogen) atoms. The summed E-state index contributed by atoms with van der Waals surface area (Å²) < 4.78 is 0. The average Bonchev–Trinajstić information content (AvgIpc) is 2.22. The number of hydrogen-bond donors (Lipinski definition) is 2. The first-order valence-corrected chi connectivity index (χ1v) is 6.22. The van der Waals surface area contributed by atoms with Gasteiger partial charge in [0.1, 0.15) is 0 Å². The molecule has 0 fully saturated rings. The van der Waals surface area contributed by atoms with Crippen LogP contribution in [0.4, 0.5) is 0 Å². The molecular weight excluding hydrogens is 188 g/mol. The SMILES string of the molecule is CC1CCCC(O)CCC/C=C\1CCO. The summed E-state index contributed by atoms with van der Waals surface area (Å²) in [4.78, 5) is 0. The number of hydrogen-bond acceptors (Lipinski definition) is 2. The van der Waals surface area contributed by atoms with E-state index in [1.165, 1.54) is 5.57 Å². The molecule has 0 aromatic heterocycles. The first kappa shape index (κ1) is 12.7. The van der Waals surface area contributed by atoms with Gasteiger partial charge in [-0.1, -0.05) is 25.0 Å². The lowest BCUT2D eigenvalue weighted by Gasteiger charge is -2.19. The molecule has 0 bridgehead atoms. The summed E-state index contributed by atoms with van der Waals surface area (Å²) >= 11 is 0. The molecular formula is C13H24O2. The monoisotopic (exact) mass is 212 g/mol. The molecule has 2 heteroatoms. The van der Waals surface area contributed by atoms with Crippen molar-refractivity contribution in [1.29, 1.82) is 0 Å². The van der Waals surface area contributed by atoms with E-state index in [1.54, 1.807) is 0 Å². The Hall–Kier alpha value is -0.340. The summed E-state index contributed by atoms with van der Waals surface area (Å²) in [6, 6.07) is 0. The first-order chi connectivity index (χ1) is 7.24. The molecule has 2 unspecified atom stereocenters. The number of aliphatic hydroxyl groups is 2. The van der Waals surface area contributed by atoms with Crippen LogP contribution in [0.5, 0.6) is 0 Å². The van der Waals surface area contributed by atoms with Crippen LogP contribution in [0.25, 0.3) is 0 Å². The summed E-state index contributed by atoms with van der Waals surface area (Å²) in [5.74, 6) is 0.572. The molecule has 0 aliphatic heterocycles. The Kier molecular flexibility index (Phi) is 5.96. The van der Waals surface area contributed by atoms with E-state index in [1.807, 2.05) is 0 Å². The van der Waals surface area contributed by atoms with Gasteiger partial charge in [0.15, 0.2) is 0 Å². The van der Waals surface area contributed by atoms with Gasteiger partial charge in [0.2, 0.25) is 0 Å². The lowest BCUT2D eigenvalue weighted by molar-refractivity contribution is 0.146. The topological polar surface area (TPSA) is 40.5 Å². The highest BCUT2D eigenvalue weighted by atomic mass is 16.3. The number of rotatable bonds is 2. The summed E-state index contributed by atoms with van der Waals surface area (Å²) in [6.45, 7) is 2.49. The lowest BCUT2D eigenvalue weighted by Crippen LogP contribution is -2.10. The fourth-order valence-corrected chi connectivity index (χ4v) is 2.31. The molecule has 0 heterocycles. The molecule has 2 atom stereocenters. The van der Waals surface area contributed by atoms with Crippen molar-refractivity contribution in [3.8, 4) is 0 Å². The molecule has 2 N–H and O–H groups in total. The second-order valence-electron chi connectivity index (χ2n) is 4.67. The minimum atomic E-state index is -0.0926. The van der Waals surface area contributed by atoms with Gasteiger partial charge in [0, 0.05) is 6.61 Å². The zero-order valence-electron chi connectivity index (χ0n) is 9.78. The van der Waals surface area contributed by atoms with Crippen LogP contribution in [-0.4, -0.2) is 22.9 Å². The van der Waals surface area contributed by atoms with Crippen molar-refractivity contribution in [3.63, 3.8) is 0 Å². The van der Waals surface area contributed by atoms with Crippen molar-refractivity contribution in [2.75, 3.05) is 6.61 Å². The number of aliphatic hydroxyl groups excluding tert-OH is 2. The van der Waals surface area contributed by atoms with Gasteiger partial charge in [-0.25, -0.2) is 0 Å². The van der Waals surface area contributed by atoms with Gasteiger partial charge < -0.3 is 10.2 Å². The third-order valence-electron chi connectivity index (χ3n) is 3.36. The van der Waals surface area contributed by atoms with Gasteiger partial charge in [0.25, 0.3) is 0 Å². The third-order valence-corrected chi connectivity index (χ3v) is 3.36. The molecule has 0 saturated carbocycles. The standard InChI is InChI=1S/C13H24O2/c1-11-5-4-8-13(15)7-3-2-6-12(11)9-10-14/h6,11,13-15H,2-5,7-10H2,1H3/b12-6-. The highest BCUT2D eigenvalue weighted by Gasteiger charge is 2.12. The van der Waals surface area contributed by atoms with E-state index in [9.17, 15) is 5.11 Å². The van der Waals surface area contributed by atoms with Crippen molar-refractivity contribution < 1.29 is 10.2 Å². The van der Waals surface area contributed by atoms with E-state index in [0.717, 1.165) is 44.9 Å². The number of allylic oxidation sites excluding steroid dienone is 1. The average molecular weight is 212 g/mol. The normalized spacial score (nSPS) is 33.1. The van der Waals surface area contributed by atoms with Crippen molar-refractivity contribution >= 4 is 0 Å². The van der Waals surface area contributed by atoms with Gasteiger partial charge >= 0.3 is 0 Å². The Morgan fingerprint density at radius 1 is 1.27 bits per heavy atom. The molecule has 1 rings (SSSR count). The van der Waals surface area contributed by atoms with E-state index >= 15 is 0 Å². The van der Waals surface area contributed by atoms with Crippen LogP contribution in [-0.2, 0) is 0 Å². The van der Waals surface area contributed by atoms with Crippen LogP contribution in [0.3, 0.4) is 0 Å². The third kappa shape index (κ3) is 4.80. The van der Waals surface area contributed by atoms with Crippen molar-refractivity contribution in [2.45, 2.75) is 58.0 Å². The zero-order chi connectivity index (χ0) is 11.1. The fourth-order valence-electron chi connectivity index (χ4n) is 2.31. The largest absolute Gasteiger partial charge is 0.396 e. The highest BCUT2D eigenvalue weighted by Crippen LogP contribution is 2.24. The Bertz CT molecular complexity index is 199. The molecule has 2 nitrogen and oxygen atoms in total. The predicted octanol–water partition coefficient (Wildman–Crippen LogP) is 2.65. The van der Waals surface area contributed by atoms with Crippen LogP contribution >= 0.6 is 0 Å². The van der Waals surface area contributed by atoms with Crippen LogP contribution < -0.4 is 0 Å². The van der Waals surface area contributed by atoms with Crippen LogP contribution in [0.1, 0.15) is 51.9 Å². The maximum absolute atomic E-state index is 9.63. The molecule has 1 aliphatic rings. The Balaban J connectivity index is 2.52. The van der Waals surface area contributed by atoms with E-state index in [-0.39, 0.29) is 12.7 Å². The van der Waals surface area contributed by atoms with Crippen LogP contribution in [0.15, 0.2) is 11.6 Å². The van der Waals surface area contributed by atoms with Crippen LogP contribution in [0.2, 0.25) is 0 Å². The van der Waals surface area contributed by atoms with Gasteiger partial charge in [-0.05, 0) is 44.4 Å². The van der Waals surface area contributed by atoms with Crippen molar-refractivity contribution in [3.05, 3.63) is 11.6 Å². The van der Waals surface area contributed by atoms with E-state index in [0.29, 0.717) is 5.92 Å². The second kappa shape index (κ2) is 7.02. The molecule has 0 radical (unpaired) electrons. The molecule has 0 aromatic rings. The first-order valence-electron chi connectivity index (χ1n) is 6.22. The minimum Gasteiger partial charge on any atom is -0.396 e. The van der Waals surface area contributed by atoms with E-state index in [4.69, 9.17) is 5.11 Å². The van der Waals surface area contributed by atoms with Gasteiger partial charge in [-0.15, -0.1) is 0 Å².